The van der Waals surface area contributed by atoms with E-state index >= 15 is 0 Å². The van der Waals surface area contributed by atoms with Crippen LogP contribution in [0.5, 0.6) is 5.75 Å². The van der Waals surface area contributed by atoms with Crippen molar-refractivity contribution in [2.75, 3.05) is 4.90 Å². The van der Waals surface area contributed by atoms with Gasteiger partial charge in [-0.1, -0.05) is 34.5 Å². The van der Waals surface area contributed by atoms with E-state index in [1.807, 2.05) is 0 Å². The summed E-state index contributed by atoms with van der Waals surface area (Å²) in [6, 6.07) is 6.88. The number of nitrogens with zero attached hydrogens (tertiary/aromatic N) is 2. The Kier molecular flexibility index (Phi) is 4.45. The van der Waals surface area contributed by atoms with Gasteiger partial charge in [0.05, 0.1) is 32.4 Å². The van der Waals surface area contributed by atoms with Crippen molar-refractivity contribution in [3.8, 4) is 5.75 Å². The highest BCUT2D eigenvalue weighted by Crippen LogP contribution is 2.45. The summed E-state index contributed by atoms with van der Waals surface area (Å²) in [7, 11) is 0. The van der Waals surface area contributed by atoms with Gasteiger partial charge in [0.2, 0.25) is 0 Å². The Balaban J connectivity index is 1.91. The van der Waals surface area contributed by atoms with E-state index in [-0.39, 0.29) is 16.6 Å². The molecule has 28 heavy (non-hydrogen) atoms. The molecule has 1 N–H and O–H groups in total. The largest absolute Gasteiger partial charge is 0.481 e. The number of hydrogen-bond acceptors (Lipinski definition) is 5. The molecule has 0 fully saturated rings. The van der Waals surface area contributed by atoms with E-state index in [2.05, 4.69) is 4.98 Å². The molecule has 3 aromatic rings. The van der Waals surface area contributed by atoms with Gasteiger partial charge in [0, 0.05) is 6.07 Å². The molecule has 144 valence electrons. The first-order chi connectivity index (χ1) is 13.2. The standard InChI is InChI=1S/C18H11Cl2FN2O4S/c1-18(7-15(24)25)16(26)23(12-3-2-8(21)4-13(12)27-18)17-22-11-5-9(19)10(20)6-14(11)28-17/h2-6H,7H2,1H3,(H,24,25). The smallest absolute Gasteiger partial charge is 0.307 e. The third-order valence-corrected chi connectivity index (χ3v) is 5.98. The Morgan fingerprint density at radius 2 is 2.04 bits per heavy atom. The van der Waals surface area contributed by atoms with Crippen molar-refractivity contribution < 1.29 is 23.8 Å². The summed E-state index contributed by atoms with van der Waals surface area (Å²) in [5.41, 5.74) is -0.928. The minimum atomic E-state index is -1.72. The molecule has 1 amide bonds. The zero-order chi connectivity index (χ0) is 20.2. The van der Waals surface area contributed by atoms with E-state index in [4.69, 9.17) is 27.9 Å². The van der Waals surface area contributed by atoms with E-state index in [0.29, 0.717) is 20.3 Å². The monoisotopic (exact) mass is 440 g/mol. The van der Waals surface area contributed by atoms with Crippen molar-refractivity contribution in [2.45, 2.75) is 18.9 Å². The highest BCUT2D eigenvalue weighted by molar-refractivity contribution is 7.22. The van der Waals surface area contributed by atoms with Crippen LogP contribution in [-0.2, 0) is 9.59 Å². The molecule has 10 heteroatoms. The van der Waals surface area contributed by atoms with Gasteiger partial charge < -0.3 is 9.84 Å². The molecule has 1 aliphatic rings. The Labute approximate surface area is 172 Å². The Hall–Kier alpha value is -2.42. The minimum absolute atomic E-state index is 0.0543. The van der Waals surface area contributed by atoms with Crippen molar-refractivity contribution in [2.24, 2.45) is 0 Å². The van der Waals surface area contributed by atoms with Crippen LogP contribution < -0.4 is 9.64 Å². The number of hydrogen-bond donors (Lipinski definition) is 1. The zero-order valence-electron chi connectivity index (χ0n) is 14.2. The molecular formula is C18H11Cl2FN2O4S. The average molecular weight is 441 g/mol. The van der Waals surface area contributed by atoms with E-state index in [1.54, 1.807) is 12.1 Å². The van der Waals surface area contributed by atoms with Crippen molar-refractivity contribution >= 4 is 67.5 Å². The molecular weight excluding hydrogens is 430 g/mol. The number of amides is 1. The number of carboxylic acid groups (broad SMARTS) is 1. The van der Waals surface area contributed by atoms with Crippen molar-refractivity contribution in [1.82, 2.24) is 4.98 Å². The molecule has 1 atom stereocenters. The van der Waals surface area contributed by atoms with Gasteiger partial charge in [0.1, 0.15) is 11.6 Å². The number of carboxylic acids is 1. The molecule has 0 saturated heterocycles. The summed E-state index contributed by atoms with van der Waals surface area (Å²) in [4.78, 5) is 30.2. The number of halogens is 3. The average Bonchev–Trinajstić information content (AvgIpc) is 2.98. The lowest BCUT2D eigenvalue weighted by Crippen LogP contribution is -2.53. The zero-order valence-corrected chi connectivity index (χ0v) is 16.5. The van der Waals surface area contributed by atoms with Crippen LogP contribution >= 0.6 is 34.5 Å². The van der Waals surface area contributed by atoms with Gasteiger partial charge in [-0.2, -0.15) is 0 Å². The number of carbonyl (C=O) groups excluding carboxylic acids is 1. The van der Waals surface area contributed by atoms with Gasteiger partial charge in [0.15, 0.2) is 10.7 Å². The first-order valence-corrected chi connectivity index (χ1v) is 9.56. The number of anilines is 2. The maximum Gasteiger partial charge on any atom is 0.307 e. The summed E-state index contributed by atoms with van der Waals surface area (Å²) in [5.74, 6) is -2.36. The van der Waals surface area contributed by atoms with E-state index < -0.39 is 29.7 Å². The number of fused-ring (bicyclic) bond motifs is 2. The number of thiazole rings is 1. The number of aliphatic carboxylic acids is 1. The highest BCUT2D eigenvalue weighted by atomic mass is 35.5. The lowest BCUT2D eigenvalue weighted by atomic mass is 9.97. The first-order valence-electron chi connectivity index (χ1n) is 7.98. The van der Waals surface area contributed by atoms with Gasteiger partial charge in [-0.05, 0) is 31.2 Å². The number of rotatable bonds is 3. The number of benzene rings is 2. The predicted octanol–water partition coefficient (Wildman–Crippen LogP) is 5.03. The Bertz CT molecular complexity index is 1110. The molecule has 1 aromatic heterocycles. The van der Waals surface area contributed by atoms with E-state index in [9.17, 15) is 19.1 Å². The fourth-order valence-corrected chi connectivity index (χ4v) is 4.37. The lowest BCUT2D eigenvalue weighted by molar-refractivity contribution is -0.148. The van der Waals surface area contributed by atoms with Gasteiger partial charge in [-0.25, -0.2) is 14.3 Å². The fourth-order valence-electron chi connectivity index (χ4n) is 2.98. The summed E-state index contributed by atoms with van der Waals surface area (Å²) in [5, 5.41) is 10.1. The first kappa shape index (κ1) is 18.9. The molecule has 0 aliphatic carbocycles. The van der Waals surface area contributed by atoms with Crippen LogP contribution in [0.2, 0.25) is 10.0 Å². The van der Waals surface area contributed by atoms with Gasteiger partial charge in [-0.3, -0.25) is 9.59 Å². The van der Waals surface area contributed by atoms with E-state index in [0.717, 1.165) is 6.07 Å². The number of aromatic nitrogens is 1. The summed E-state index contributed by atoms with van der Waals surface area (Å²) < 4.78 is 20.0. The van der Waals surface area contributed by atoms with Gasteiger partial charge in [0.25, 0.3) is 5.91 Å². The third kappa shape index (κ3) is 3.07. The van der Waals surface area contributed by atoms with Crippen LogP contribution in [-0.4, -0.2) is 27.6 Å². The van der Waals surface area contributed by atoms with E-state index in [1.165, 1.54) is 35.3 Å². The van der Waals surface area contributed by atoms with Crippen LogP contribution in [0.3, 0.4) is 0 Å². The van der Waals surface area contributed by atoms with Crippen LogP contribution in [0.15, 0.2) is 30.3 Å². The minimum Gasteiger partial charge on any atom is -0.481 e. The Morgan fingerprint density at radius 3 is 2.75 bits per heavy atom. The third-order valence-electron chi connectivity index (χ3n) is 4.25. The van der Waals surface area contributed by atoms with Crippen molar-refractivity contribution in [3.63, 3.8) is 0 Å². The normalized spacial score (nSPS) is 18.9. The quantitative estimate of drug-likeness (QED) is 0.617. The molecule has 0 bridgehead atoms. The second kappa shape index (κ2) is 6.58. The molecule has 2 aromatic carbocycles. The number of ether oxygens (including phenoxy) is 1. The van der Waals surface area contributed by atoms with Crippen LogP contribution in [0.4, 0.5) is 15.2 Å². The fraction of sp³-hybridized carbons (Fsp3) is 0.167. The second-order valence-electron chi connectivity index (χ2n) is 6.39. The van der Waals surface area contributed by atoms with Crippen LogP contribution in [0, 0.1) is 5.82 Å². The molecule has 0 spiro atoms. The summed E-state index contributed by atoms with van der Waals surface area (Å²) >= 11 is 13.3. The Morgan fingerprint density at radius 1 is 1.32 bits per heavy atom. The topological polar surface area (TPSA) is 79.7 Å². The van der Waals surface area contributed by atoms with Crippen molar-refractivity contribution in [1.29, 1.82) is 0 Å². The molecule has 4 rings (SSSR count). The lowest BCUT2D eigenvalue weighted by Gasteiger charge is -2.38. The molecule has 6 nitrogen and oxygen atoms in total. The molecule has 0 radical (unpaired) electrons. The SMILES string of the molecule is CC1(CC(=O)O)Oc2cc(F)ccc2N(c2nc3cc(Cl)c(Cl)cc3s2)C1=O. The second-order valence-corrected chi connectivity index (χ2v) is 8.21. The predicted molar refractivity (Wildman–Crippen MR) is 104 cm³/mol. The van der Waals surface area contributed by atoms with Gasteiger partial charge >= 0.3 is 5.97 Å². The molecule has 2 heterocycles. The summed E-state index contributed by atoms with van der Waals surface area (Å²) in [6.07, 6.45) is -0.596. The maximum absolute atomic E-state index is 13.7. The van der Waals surface area contributed by atoms with Crippen LogP contribution in [0.1, 0.15) is 13.3 Å². The maximum atomic E-state index is 13.7. The summed E-state index contributed by atoms with van der Waals surface area (Å²) in [6.45, 7) is 1.35. The molecule has 1 unspecified atom stereocenters. The molecule has 0 saturated carbocycles. The van der Waals surface area contributed by atoms with Crippen molar-refractivity contribution in [3.05, 3.63) is 46.2 Å². The van der Waals surface area contributed by atoms with Gasteiger partial charge in [-0.15, -0.1) is 0 Å². The molecule has 1 aliphatic heterocycles. The highest BCUT2D eigenvalue weighted by Gasteiger charge is 2.48. The number of carbonyl (C=O) groups is 2. The van der Waals surface area contributed by atoms with Crippen LogP contribution in [0.25, 0.3) is 10.2 Å².